The molecule has 1 fully saturated rings. The number of hydrogen-bond donors (Lipinski definition) is 2. The zero-order chi connectivity index (χ0) is 7.02. The van der Waals surface area contributed by atoms with Crippen LogP contribution in [0.3, 0.4) is 0 Å². The molecule has 0 aromatic heterocycles. The summed E-state index contributed by atoms with van der Waals surface area (Å²) >= 11 is 0. The Morgan fingerprint density at radius 2 is 1.44 bits per heavy atom. The smallest absolute Gasteiger partial charge is 0.346 e. The van der Waals surface area contributed by atoms with E-state index in [2.05, 4.69) is 4.74 Å². The predicted molar refractivity (Wildman–Crippen MR) is 23.1 cm³/mol. The second-order valence-electron chi connectivity index (χ2n) is 1.63. The summed E-state index contributed by atoms with van der Waals surface area (Å²) in [6.45, 7) is 0. The number of rotatable bonds is 0. The molecule has 1 aliphatic heterocycles. The van der Waals surface area contributed by atoms with Gasteiger partial charge in [-0.15, -0.1) is 0 Å². The first-order chi connectivity index (χ1) is 4.13. The van der Waals surface area contributed by atoms with Crippen molar-refractivity contribution in [3.63, 3.8) is 0 Å². The fourth-order valence-electron chi connectivity index (χ4n) is 0.478. The van der Waals surface area contributed by atoms with Crippen molar-refractivity contribution in [1.29, 1.82) is 0 Å². The minimum atomic E-state index is -1.70. The van der Waals surface area contributed by atoms with Crippen LogP contribution in [-0.4, -0.2) is 34.4 Å². The number of cyclic esters (lactones) is 2. The Morgan fingerprint density at radius 1 is 1.11 bits per heavy atom. The maximum atomic E-state index is 10.1. The van der Waals surface area contributed by atoms with Crippen LogP contribution in [0.15, 0.2) is 0 Å². The average Bonchev–Trinajstić information content (AvgIpc) is 1.98. The largest absolute Gasteiger partial charge is 0.389 e. The van der Waals surface area contributed by atoms with Gasteiger partial charge in [-0.2, -0.15) is 0 Å². The van der Waals surface area contributed by atoms with Gasteiger partial charge in [0.05, 0.1) is 0 Å². The molecule has 0 amide bonds. The summed E-state index contributed by atoms with van der Waals surface area (Å²) in [7, 11) is 0. The van der Waals surface area contributed by atoms with Gasteiger partial charge in [0.1, 0.15) is 0 Å². The van der Waals surface area contributed by atoms with Crippen LogP contribution >= 0.6 is 0 Å². The Hall–Kier alpha value is -0.940. The van der Waals surface area contributed by atoms with Gasteiger partial charge in [0.25, 0.3) is 0 Å². The molecule has 2 unspecified atom stereocenters. The lowest BCUT2D eigenvalue weighted by Crippen LogP contribution is -2.27. The van der Waals surface area contributed by atoms with E-state index in [9.17, 15) is 9.59 Å². The van der Waals surface area contributed by atoms with Crippen LogP contribution in [0, 0.1) is 0 Å². The van der Waals surface area contributed by atoms with Crippen LogP contribution in [0.2, 0.25) is 0 Å². The highest BCUT2D eigenvalue weighted by atomic mass is 16.6. The van der Waals surface area contributed by atoms with Crippen molar-refractivity contribution in [2.45, 2.75) is 12.2 Å². The number of esters is 2. The maximum absolute atomic E-state index is 10.1. The molecular formula is C4H4O5. The highest BCUT2D eigenvalue weighted by Crippen LogP contribution is 2.07. The van der Waals surface area contributed by atoms with Crippen LogP contribution in [0.5, 0.6) is 0 Å². The molecule has 5 heteroatoms. The van der Waals surface area contributed by atoms with Gasteiger partial charge < -0.3 is 14.9 Å². The third-order valence-electron chi connectivity index (χ3n) is 0.983. The highest BCUT2D eigenvalue weighted by Gasteiger charge is 2.41. The molecule has 1 rings (SSSR count). The molecule has 1 aliphatic rings. The maximum Gasteiger partial charge on any atom is 0.346 e. The summed E-state index contributed by atoms with van der Waals surface area (Å²) in [6.07, 6.45) is -3.39. The SMILES string of the molecule is O=C1OC(=O)C(O)C1O. The monoisotopic (exact) mass is 132 g/mol. The molecule has 5 nitrogen and oxygen atoms in total. The van der Waals surface area contributed by atoms with E-state index in [4.69, 9.17) is 10.2 Å². The van der Waals surface area contributed by atoms with Gasteiger partial charge in [-0.25, -0.2) is 9.59 Å². The topological polar surface area (TPSA) is 83.8 Å². The number of ether oxygens (including phenoxy) is 1. The van der Waals surface area contributed by atoms with Gasteiger partial charge in [-0.3, -0.25) is 0 Å². The van der Waals surface area contributed by atoms with Crippen molar-refractivity contribution in [2.24, 2.45) is 0 Å². The lowest BCUT2D eigenvalue weighted by Gasteiger charge is -1.95. The van der Waals surface area contributed by atoms with Crippen LogP contribution in [-0.2, 0) is 14.3 Å². The number of hydrogen-bond acceptors (Lipinski definition) is 5. The summed E-state index contributed by atoms with van der Waals surface area (Å²) in [5.41, 5.74) is 0. The summed E-state index contributed by atoms with van der Waals surface area (Å²) in [5.74, 6) is -2.18. The van der Waals surface area contributed by atoms with E-state index in [1.54, 1.807) is 0 Å². The third kappa shape index (κ3) is 0.797. The number of carbonyl (C=O) groups is 2. The van der Waals surface area contributed by atoms with Gasteiger partial charge in [0.2, 0.25) is 0 Å². The second kappa shape index (κ2) is 1.78. The number of aliphatic hydroxyl groups is 2. The molecule has 0 radical (unpaired) electrons. The zero-order valence-electron chi connectivity index (χ0n) is 4.27. The van der Waals surface area contributed by atoms with Gasteiger partial charge in [-0.05, 0) is 0 Å². The molecule has 9 heavy (non-hydrogen) atoms. The molecule has 0 aromatic rings. The molecular weight excluding hydrogens is 128 g/mol. The van der Waals surface area contributed by atoms with Crippen LogP contribution in [0.25, 0.3) is 0 Å². The van der Waals surface area contributed by atoms with Gasteiger partial charge in [0, 0.05) is 0 Å². The fourth-order valence-corrected chi connectivity index (χ4v) is 0.478. The van der Waals surface area contributed by atoms with E-state index < -0.39 is 24.1 Å². The van der Waals surface area contributed by atoms with Crippen molar-refractivity contribution in [1.82, 2.24) is 0 Å². The molecule has 0 saturated carbocycles. The summed E-state index contributed by atoms with van der Waals surface area (Å²) < 4.78 is 3.81. The quantitative estimate of drug-likeness (QED) is 0.288. The molecule has 0 bridgehead atoms. The molecule has 1 heterocycles. The Balaban J connectivity index is 2.77. The van der Waals surface area contributed by atoms with Crippen molar-refractivity contribution >= 4 is 11.9 Å². The minimum Gasteiger partial charge on any atom is -0.389 e. The van der Waals surface area contributed by atoms with Gasteiger partial charge in [-0.1, -0.05) is 0 Å². The Bertz CT molecular complexity index is 144. The third-order valence-corrected chi connectivity index (χ3v) is 0.983. The van der Waals surface area contributed by atoms with E-state index >= 15 is 0 Å². The summed E-state index contributed by atoms with van der Waals surface area (Å²) in [4.78, 5) is 20.3. The molecule has 50 valence electrons. The molecule has 1 saturated heterocycles. The first-order valence-electron chi connectivity index (χ1n) is 2.24. The summed E-state index contributed by atoms with van der Waals surface area (Å²) in [5, 5.41) is 17.0. The van der Waals surface area contributed by atoms with Gasteiger partial charge >= 0.3 is 11.9 Å². The summed E-state index contributed by atoms with van der Waals surface area (Å²) in [6, 6.07) is 0. The van der Waals surface area contributed by atoms with E-state index in [1.807, 2.05) is 0 Å². The highest BCUT2D eigenvalue weighted by molar-refractivity contribution is 5.99. The number of aliphatic hydroxyl groups excluding tert-OH is 2. The molecule has 0 aromatic carbocycles. The molecule has 0 spiro atoms. The molecule has 0 aliphatic carbocycles. The van der Waals surface area contributed by atoms with Crippen molar-refractivity contribution in [3.8, 4) is 0 Å². The number of carbonyl (C=O) groups excluding carboxylic acids is 2. The Kier molecular flexibility index (Phi) is 1.22. The molecule has 2 atom stereocenters. The minimum absolute atomic E-state index is 1.09. The zero-order valence-corrected chi connectivity index (χ0v) is 4.27. The normalized spacial score (nSPS) is 34.9. The lowest BCUT2D eigenvalue weighted by atomic mass is 10.2. The van der Waals surface area contributed by atoms with Crippen LogP contribution in [0.1, 0.15) is 0 Å². The fraction of sp³-hybridized carbons (Fsp3) is 0.500. The van der Waals surface area contributed by atoms with Crippen molar-refractivity contribution in [2.75, 3.05) is 0 Å². The van der Waals surface area contributed by atoms with Crippen LogP contribution < -0.4 is 0 Å². The van der Waals surface area contributed by atoms with Crippen LogP contribution in [0.4, 0.5) is 0 Å². The van der Waals surface area contributed by atoms with E-state index in [0.29, 0.717) is 0 Å². The standard InChI is InChI=1S/C4H4O5/c5-1-2(6)4(8)9-3(1)7/h1-2,5-6H. The molecule has 2 N–H and O–H groups in total. The Morgan fingerprint density at radius 3 is 1.56 bits per heavy atom. The first kappa shape index (κ1) is 6.18. The Labute approximate surface area is 49.9 Å². The van der Waals surface area contributed by atoms with E-state index in [-0.39, 0.29) is 0 Å². The average molecular weight is 132 g/mol. The van der Waals surface area contributed by atoms with E-state index in [1.165, 1.54) is 0 Å². The van der Waals surface area contributed by atoms with Crippen molar-refractivity contribution in [3.05, 3.63) is 0 Å². The predicted octanol–water partition coefficient (Wildman–Crippen LogP) is -2.21. The first-order valence-corrected chi connectivity index (χ1v) is 2.24. The van der Waals surface area contributed by atoms with Gasteiger partial charge in [0.15, 0.2) is 12.2 Å². The van der Waals surface area contributed by atoms with E-state index in [0.717, 1.165) is 0 Å². The van der Waals surface area contributed by atoms with Crippen molar-refractivity contribution < 1.29 is 24.5 Å². The lowest BCUT2D eigenvalue weighted by molar-refractivity contribution is -0.155. The second-order valence-corrected chi connectivity index (χ2v) is 1.63.